The number of fused-ring (bicyclic) bond motifs is 1. The summed E-state index contributed by atoms with van der Waals surface area (Å²) >= 11 is 5.90. The Hall–Kier alpha value is -3.31. The summed E-state index contributed by atoms with van der Waals surface area (Å²) in [5, 5.41) is 4.55. The minimum atomic E-state index is -3.57. The van der Waals surface area contributed by atoms with Gasteiger partial charge in [0.2, 0.25) is 27.6 Å². The van der Waals surface area contributed by atoms with Gasteiger partial charge in [-0.1, -0.05) is 16.8 Å². The molecule has 0 saturated carbocycles. The number of ether oxygens (including phenoxy) is 2. The van der Waals surface area contributed by atoms with E-state index < -0.39 is 10.0 Å². The number of benzene rings is 2. The third kappa shape index (κ3) is 6.23. The monoisotopic (exact) mass is 520 g/mol. The van der Waals surface area contributed by atoms with Crippen molar-refractivity contribution in [2.45, 2.75) is 19.4 Å². The normalized spacial score (nSPS) is 12.9. The van der Waals surface area contributed by atoms with Gasteiger partial charge in [0.15, 0.2) is 11.5 Å². The van der Waals surface area contributed by atoms with Gasteiger partial charge >= 0.3 is 0 Å². The zero-order chi connectivity index (χ0) is 25.0. The Morgan fingerprint density at radius 1 is 1.09 bits per heavy atom. The van der Waals surface area contributed by atoms with Crippen molar-refractivity contribution in [2.24, 2.45) is 0 Å². The van der Waals surface area contributed by atoms with Crippen LogP contribution in [0.4, 0.5) is 5.69 Å². The van der Waals surface area contributed by atoms with E-state index in [1.54, 1.807) is 49.5 Å². The van der Waals surface area contributed by atoms with Crippen molar-refractivity contribution in [3.05, 3.63) is 53.4 Å². The second kappa shape index (κ2) is 10.5. The molecule has 0 unspecified atom stereocenters. The molecular formula is C23H25ClN4O6S. The summed E-state index contributed by atoms with van der Waals surface area (Å²) in [7, 11) is -1.94. The predicted molar refractivity (Wildman–Crippen MR) is 130 cm³/mol. The van der Waals surface area contributed by atoms with E-state index in [1.165, 1.54) is 9.21 Å². The van der Waals surface area contributed by atoms with Crippen LogP contribution >= 0.6 is 11.6 Å². The first kappa shape index (κ1) is 24.8. The van der Waals surface area contributed by atoms with Crippen LogP contribution in [-0.2, 0) is 21.4 Å². The molecule has 3 aromatic rings. The lowest BCUT2D eigenvalue weighted by molar-refractivity contribution is -0.130. The highest BCUT2D eigenvalue weighted by Gasteiger charge is 2.22. The largest absolute Gasteiger partial charge is 0.486 e. The highest BCUT2D eigenvalue weighted by Crippen LogP contribution is 2.34. The standard InChI is InChI=1S/C23H25ClN4O6S/c1-27(15-21-25-23(26-34-21)16-5-7-17(24)8-6-16)22(29)4-3-11-28(35(2,30)31)18-9-10-19-20(14-18)33-13-12-32-19/h5-10,14H,3-4,11-13,15H2,1-2H3. The fourth-order valence-corrected chi connectivity index (χ4v) is 4.65. The van der Waals surface area contributed by atoms with Crippen molar-refractivity contribution in [1.82, 2.24) is 15.0 Å². The molecule has 0 aliphatic carbocycles. The molecule has 1 aliphatic rings. The molecule has 2 heterocycles. The van der Waals surface area contributed by atoms with Gasteiger partial charge in [0.05, 0.1) is 18.5 Å². The molecule has 1 aliphatic heterocycles. The zero-order valence-electron chi connectivity index (χ0n) is 19.3. The quantitative estimate of drug-likeness (QED) is 0.422. The molecule has 10 nitrogen and oxygen atoms in total. The molecule has 1 amide bonds. The molecule has 0 radical (unpaired) electrons. The van der Waals surface area contributed by atoms with Gasteiger partial charge in [-0.25, -0.2) is 8.42 Å². The Kier molecular flexibility index (Phi) is 7.46. The van der Waals surface area contributed by atoms with Crippen LogP contribution < -0.4 is 13.8 Å². The van der Waals surface area contributed by atoms with Crippen LogP contribution in [-0.4, -0.2) is 62.4 Å². The van der Waals surface area contributed by atoms with Gasteiger partial charge in [0, 0.05) is 36.7 Å². The maximum absolute atomic E-state index is 12.6. The number of sulfonamides is 1. The Morgan fingerprint density at radius 2 is 1.80 bits per heavy atom. The molecule has 0 saturated heterocycles. The molecule has 2 aromatic carbocycles. The molecule has 0 fully saturated rings. The van der Waals surface area contributed by atoms with E-state index in [9.17, 15) is 13.2 Å². The smallest absolute Gasteiger partial charge is 0.246 e. The van der Waals surface area contributed by atoms with Gasteiger partial charge in [-0.2, -0.15) is 4.98 Å². The number of hydrogen-bond donors (Lipinski definition) is 0. The minimum Gasteiger partial charge on any atom is -0.486 e. The molecule has 12 heteroatoms. The van der Waals surface area contributed by atoms with Gasteiger partial charge in [-0.05, 0) is 42.8 Å². The van der Waals surface area contributed by atoms with Crippen LogP contribution in [0.5, 0.6) is 11.5 Å². The summed E-state index contributed by atoms with van der Waals surface area (Å²) in [4.78, 5) is 18.4. The molecule has 186 valence electrons. The molecule has 0 N–H and O–H groups in total. The maximum Gasteiger partial charge on any atom is 0.246 e. The average molecular weight is 521 g/mol. The van der Waals surface area contributed by atoms with Crippen LogP contribution in [0.1, 0.15) is 18.7 Å². The number of anilines is 1. The Balaban J connectivity index is 1.33. The lowest BCUT2D eigenvalue weighted by Gasteiger charge is -2.25. The van der Waals surface area contributed by atoms with E-state index in [2.05, 4.69) is 10.1 Å². The molecule has 0 bridgehead atoms. The van der Waals surface area contributed by atoms with Gasteiger partial charge in [-0.3, -0.25) is 9.10 Å². The summed E-state index contributed by atoms with van der Waals surface area (Å²) in [6.45, 7) is 1.12. The number of hydrogen-bond acceptors (Lipinski definition) is 8. The zero-order valence-corrected chi connectivity index (χ0v) is 20.9. The Morgan fingerprint density at radius 3 is 2.51 bits per heavy atom. The van der Waals surface area contributed by atoms with E-state index in [0.29, 0.717) is 53.6 Å². The number of carbonyl (C=O) groups is 1. The summed E-state index contributed by atoms with van der Waals surface area (Å²) in [5.41, 5.74) is 1.21. The summed E-state index contributed by atoms with van der Waals surface area (Å²) in [6.07, 6.45) is 1.60. The highest BCUT2D eigenvalue weighted by molar-refractivity contribution is 7.92. The van der Waals surface area contributed by atoms with Crippen molar-refractivity contribution in [3.8, 4) is 22.9 Å². The second-order valence-corrected chi connectivity index (χ2v) is 10.4. The predicted octanol–water partition coefficient (Wildman–Crippen LogP) is 3.37. The van der Waals surface area contributed by atoms with Crippen LogP contribution in [0, 0.1) is 0 Å². The van der Waals surface area contributed by atoms with Crippen LogP contribution in [0.15, 0.2) is 47.0 Å². The van der Waals surface area contributed by atoms with Crippen molar-refractivity contribution < 1.29 is 27.2 Å². The third-order valence-corrected chi connectivity index (χ3v) is 6.78. The van der Waals surface area contributed by atoms with E-state index in [0.717, 1.165) is 11.8 Å². The number of nitrogens with zero attached hydrogens (tertiary/aromatic N) is 4. The van der Waals surface area contributed by atoms with Gasteiger partial charge < -0.3 is 18.9 Å². The molecule has 1 aromatic heterocycles. The third-order valence-electron chi connectivity index (χ3n) is 5.33. The lowest BCUT2D eigenvalue weighted by atomic mass is 10.2. The van der Waals surface area contributed by atoms with Crippen LogP contribution in [0.2, 0.25) is 5.02 Å². The van der Waals surface area contributed by atoms with E-state index in [1.807, 2.05) is 0 Å². The maximum atomic E-state index is 12.6. The first-order valence-corrected chi connectivity index (χ1v) is 13.1. The number of aromatic nitrogens is 2. The lowest BCUT2D eigenvalue weighted by Crippen LogP contribution is -2.32. The Bertz CT molecular complexity index is 1300. The van der Waals surface area contributed by atoms with E-state index in [-0.39, 0.29) is 25.4 Å². The van der Waals surface area contributed by atoms with Crippen LogP contribution in [0.25, 0.3) is 11.4 Å². The topological polar surface area (TPSA) is 115 Å². The SMILES string of the molecule is CN(Cc1nc(-c2ccc(Cl)cc2)no1)C(=O)CCCN(c1ccc2c(c1)OCCO2)S(C)(=O)=O. The summed E-state index contributed by atoms with van der Waals surface area (Å²) < 4.78 is 42.4. The number of amides is 1. The molecule has 0 atom stereocenters. The van der Waals surface area contributed by atoms with Crippen molar-refractivity contribution in [3.63, 3.8) is 0 Å². The average Bonchev–Trinajstić information content (AvgIpc) is 3.29. The molecule has 4 rings (SSSR count). The van der Waals surface area contributed by atoms with Crippen molar-refractivity contribution in [2.75, 3.05) is 37.4 Å². The van der Waals surface area contributed by atoms with Crippen molar-refractivity contribution in [1.29, 1.82) is 0 Å². The number of halogens is 1. The van der Waals surface area contributed by atoms with E-state index >= 15 is 0 Å². The van der Waals surface area contributed by atoms with Gasteiger partial charge in [-0.15, -0.1) is 0 Å². The second-order valence-electron chi connectivity index (χ2n) is 8.04. The number of carbonyl (C=O) groups excluding carboxylic acids is 1. The highest BCUT2D eigenvalue weighted by atomic mass is 35.5. The molecule has 35 heavy (non-hydrogen) atoms. The summed E-state index contributed by atoms with van der Waals surface area (Å²) in [6, 6.07) is 12.0. The molecular weight excluding hydrogens is 496 g/mol. The van der Waals surface area contributed by atoms with Crippen LogP contribution in [0.3, 0.4) is 0 Å². The van der Waals surface area contributed by atoms with Gasteiger partial charge in [0.25, 0.3) is 0 Å². The fraction of sp³-hybridized carbons (Fsp3) is 0.348. The fourth-order valence-electron chi connectivity index (χ4n) is 3.56. The van der Waals surface area contributed by atoms with Gasteiger partial charge in [0.1, 0.15) is 13.2 Å². The first-order valence-electron chi connectivity index (χ1n) is 10.9. The minimum absolute atomic E-state index is 0.136. The van der Waals surface area contributed by atoms with Crippen molar-refractivity contribution >= 4 is 33.2 Å². The number of rotatable bonds is 9. The Labute approximate surface area is 208 Å². The molecule has 0 spiro atoms. The van der Waals surface area contributed by atoms with E-state index in [4.69, 9.17) is 25.6 Å². The first-order chi connectivity index (χ1) is 16.7. The summed E-state index contributed by atoms with van der Waals surface area (Å²) in [5.74, 6) is 1.59.